The normalized spacial score (nSPS) is 24.3. The van der Waals surface area contributed by atoms with Crippen LogP contribution >= 0.6 is 0 Å². The first-order valence-electron chi connectivity index (χ1n) is 7.03. The van der Waals surface area contributed by atoms with Crippen molar-refractivity contribution in [3.8, 4) is 5.75 Å². The highest BCUT2D eigenvalue weighted by Crippen LogP contribution is 2.16. The van der Waals surface area contributed by atoms with E-state index in [1.165, 1.54) is 0 Å². The number of rotatable bonds is 5. The maximum atomic E-state index is 5.75. The van der Waals surface area contributed by atoms with Gasteiger partial charge in [-0.25, -0.2) is 0 Å². The molecule has 0 spiro atoms. The quantitative estimate of drug-likeness (QED) is 0.828. The summed E-state index contributed by atoms with van der Waals surface area (Å²) in [6, 6.07) is 8.07. The summed E-state index contributed by atoms with van der Waals surface area (Å²) in [7, 11) is 0. The molecule has 4 heteroatoms. The lowest BCUT2D eigenvalue weighted by Gasteiger charge is -2.38. The molecule has 1 heterocycles. The highest BCUT2D eigenvalue weighted by atomic mass is 16.5. The van der Waals surface area contributed by atoms with Crippen molar-refractivity contribution < 1.29 is 9.47 Å². The van der Waals surface area contributed by atoms with Crippen molar-refractivity contribution in [3.63, 3.8) is 0 Å². The largest absolute Gasteiger partial charge is 0.492 e. The molecule has 19 heavy (non-hydrogen) atoms. The standard InChI is InChI=1S/C15H24N2O2/c1-3-14-11-19-12(2)10-17(14)8-9-18-15-6-4-13(16)5-7-15/h4-7,12,14H,3,8-11,16H2,1-2H3. The fraction of sp³-hybridized carbons (Fsp3) is 0.600. The van der Waals surface area contributed by atoms with Gasteiger partial charge in [-0.1, -0.05) is 6.92 Å². The van der Waals surface area contributed by atoms with Crippen LogP contribution in [0.1, 0.15) is 20.3 Å². The van der Waals surface area contributed by atoms with Gasteiger partial charge in [0.05, 0.1) is 12.7 Å². The Hall–Kier alpha value is -1.26. The van der Waals surface area contributed by atoms with E-state index in [4.69, 9.17) is 15.2 Å². The van der Waals surface area contributed by atoms with Crippen LogP contribution in [-0.2, 0) is 4.74 Å². The molecule has 2 unspecified atom stereocenters. The summed E-state index contributed by atoms with van der Waals surface area (Å²) < 4.78 is 11.4. The van der Waals surface area contributed by atoms with Gasteiger partial charge in [-0.2, -0.15) is 0 Å². The molecule has 0 radical (unpaired) electrons. The molecule has 0 bridgehead atoms. The zero-order chi connectivity index (χ0) is 13.7. The third-order valence-corrected chi connectivity index (χ3v) is 3.58. The van der Waals surface area contributed by atoms with Crippen molar-refractivity contribution in [2.75, 3.05) is 32.0 Å². The highest BCUT2D eigenvalue weighted by Gasteiger charge is 2.24. The molecule has 106 valence electrons. The molecule has 1 aliphatic heterocycles. The maximum Gasteiger partial charge on any atom is 0.119 e. The minimum atomic E-state index is 0.319. The summed E-state index contributed by atoms with van der Waals surface area (Å²) >= 11 is 0. The molecule has 1 saturated heterocycles. The molecule has 1 aromatic carbocycles. The number of nitrogens with zero attached hydrogens (tertiary/aromatic N) is 1. The fourth-order valence-corrected chi connectivity index (χ4v) is 2.41. The number of nitrogen functional groups attached to an aromatic ring is 1. The smallest absolute Gasteiger partial charge is 0.119 e. The molecule has 0 saturated carbocycles. The number of nitrogens with two attached hydrogens (primary N) is 1. The van der Waals surface area contributed by atoms with Gasteiger partial charge in [-0.05, 0) is 37.6 Å². The Morgan fingerprint density at radius 3 is 2.79 bits per heavy atom. The minimum absolute atomic E-state index is 0.319. The molecule has 0 amide bonds. The molecule has 1 aromatic rings. The summed E-state index contributed by atoms with van der Waals surface area (Å²) in [5.41, 5.74) is 6.41. The summed E-state index contributed by atoms with van der Waals surface area (Å²) in [5.74, 6) is 0.878. The van der Waals surface area contributed by atoms with E-state index in [1.807, 2.05) is 24.3 Å². The van der Waals surface area contributed by atoms with Crippen LogP contribution in [0.3, 0.4) is 0 Å². The van der Waals surface area contributed by atoms with E-state index in [-0.39, 0.29) is 0 Å². The lowest BCUT2D eigenvalue weighted by atomic mass is 10.1. The SMILES string of the molecule is CCC1COC(C)CN1CCOc1ccc(N)cc1. The Bertz CT molecular complexity index is 380. The number of benzene rings is 1. The summed E-state index contributed by atoms with van der Waals surface area (Å²) in [5, 5.41) is 0. The van der Waals surface area contributed by atoms with Gasteiger partial charge in [-0.15, -0.1) is 0 Å². The van der Waals surface area contributed by atoms with E-state index in [2.05, 4.69) is 18.7 Å². The molecule has 4 nitrogen and oxygen atoms in total. The first-order valence-corrected chi connectivity index (χ1v) is 7.03. The minimum Gasteiger partial charge on any atom is -0.492 e. The number of hydrogen-bond donors (Lipinski definition) is 1. The lowest BCUT2D eigenvalue weighted by molar-refractivity contribution is -0.0586. The van der Waals surface area contributed by atoms with Crippen LogP contribution in [0.2, 0.25) is 0 Å². The number of morpholine rings is 1. The monoisotopic (exact) mass is 264 g/mol. The molecule has 2 atom stereocenters. The third-order valence-electron chi connectivity index (χ3n) is 3.58. The van der Waals surface area contributed by atoms with Crippen LogP contribution in [0, 0.1) is 0 Å². The zero-order valence-electron chi connectivity index (χ0n) is 11.8. The van der Waals surface area contributed by atoms with Crippen LogP contribution in [0.15, 0.2) is 24.3 Å². The second kappa shape index (κ2) is 6.78. The van der Waals surface area contributed by atoms with Crippen molar-refractivity contribution in [2.24, 2.45) is 0 Å². The van der Waals surface area contributed by atoms with Crippen LogP contribution < -0.4 is 10.5 Å². The average Bonchev–Trinajstić information content (AvgIpc) is 2.41. The van der Waals surface area contributed by atoms with E-state index in [0.717, 1.165) is 37.6 Å². The molecule has 2 N–H and O–H groups in total. The van der Waals surface area contributed by atoms with E-state index >= 15 is 0 Å². The number of anilines is 1. The number of ether oxygens (including phenoxy) is 2. The zero-order valence-corrected chi connectivity index (χ0v) is 11.8. The number of hydrogen-bond acceptors (Lipinski definition) is 4. The van der Waals surface area contributed by atoms with E-state index in [1.54, 1.807) is 0 Å². The van der Waals surface area contributed by atoms with Crippen LogP contribution in [0.25, 0.3) is 0 Å². The van der Waals surface area contributed by atoms with Gasteiger partial charge in [0.15, 0.2) is 0 Å². The second-order valence-corrected chi connectivity index (χ2v) is 5.12. The van der Waals surface area contributed by atoms with E-state index < -0.39 is 0 Å². The first kappa shape index (κ1) is 14.2. The Labute approximate surface area is 115 Å². The van der Waals surface area contributed by atoms with E-state index in [0.29, 0.717) is 18.8 Å². The van der Waals surface area contributed by atoms with Gasteiger partial charge in [0.2, 0.25) is 0 Å². The Morgan fingerprint density at radius 2 is 2.11 bits per heavy atom. The Morgan fingerprint density at radius 1 is 1.37 bits per heavy atom. The third kappa shape index (κ3) is 4.11. The molecule has 0 aliphatic carbocycles. The van der Waals surface area contributed by atoms with Gasteiger partial charge in [0, 0.05) is 24.8 Å². The summed E-state index contributed by atoms with van der Waals surface area (Å²) in [6.45, 7) is 7.80. The van der Waals surface area contributed by atoms with Gasteiger partial charge < -0.3 is 15.2 Å². The van der Waals surface area contributed by atoms with Gasteiger partial charge in [0.1, 0.15) is 12.4 Å². The van der Waals surface area contributed by atoms with Crippen LogP contribution in [0.4, 0.5) is 5.69 Å². The van der Waals surface area contributed by atoms with Crippen LogP contribution in [-0.4, -0.2) is 43.3 Å². The lowest BCUT2D eigenvalue weighted by Crippen LogP contribution is -2.49. The molecule has 2 rings (SSSR count). The molecular formula is C15H24N2O2. The predicted molar refractivity (Wildman–Crippen MR) is 77.4 cm³/mol. The molecule has 1 fully saturated rings. The highest BCUT2D eigenvalue weighted by molar-refractivity contribution is 5.41. The van der Waals surface area contributed by atoms with Crippen molar-refractivity contribution in [2.45, 2.75) is 32.4 Å². The first-order chi connectivity index (χ1) is 9.19. The summed E-state index contributed by atoms with van der Waals surface area (Å²) in [6.07, 6.45) is 1.44. The average molecular weight is 264 g/mol. The van der Waals surface area contributed by atoms with Crippen molar-refractivity contribution in [1.82, 2.24) is 4.90 Å². The van der Waals surface area contributed by atoms with Crippen molar-refractivity contribution in [3.05, 3.63) is 24.3 Å². The molecular weight excluding hydrogens is 240 g/mol. The Balaban J connectivity index is 1.78. The predicted octanol–water partition coefficient (Wildman–Crippen LogP) is 2.15. The van der Waals surface area contributed by atoms with Crippen molar-refractivity contribution in [1.29, 1.82) is 0 Å². The van der Waals surface area contributed by atoms with Gasteiger partial charge in [-0.3, -0.25) is 4.90 Å². The molecule has 0 aromatic heterocycles. The van der Waals surface area contributed by atoms with E-state index in [9.17, 15) is 0 Å². The van der Waals surface area contributed by atoms with Crippen LogP contribution in [0.5, 0.6) is 5.75 Å². The molecule has 1 aliphatic rings. The summed E-state index contributed by atoms with van der Waals surface area (Å²) in [4.78, 5) is 2.46. The van der Waals surface area contributed by atoms with Gasteiger partial charge >= 0.3 is 0 Å². The Kier molecular flexibility index (Phi) is 5.05. The second-order valence-electron chi connectivity index (χ2n) is 5.12. The maximum absolute atomic E-state index is 5.75. The van der Waals surface area contributed by atoms with Gasteiger partial charge in [0.25, 0.3) is 0 Å². The fourth-order valence-electron chi connectivity index (χ4n) is 2.41. The van der Waals surface area contributed by atoms with Crippen molar-refractivity contribution >= 4 is 5.69 Å². The topological polar surface area (TPSA) is 47.7 Å².